The van der Waals surface area contributed by atoms with Gasteiger partial charge in [0, 0.05) is 46.8 Å². The van der Waals surface area contributed by atoms with Crippen molar-refractivity contribution in [1.29, 1.82) is 10.5 Å². The van der Waals surface area contributed by atoms with E-state index in [0.29, 0.717) is 12.0 Å². The molecule has 1 aliphatic heterocycles. The lowest BCUT2D eigenvalue weighted by Crippen LogP contribution is -2.25. The summed E-state index contributed by atoms with van der Waals surface area (Å²) in [6.45, 7) is 1.60. The predicted molar refractivity (Wildman–Crippen MR) is 124 cm³/mol. The van der Waals surface area contributed by atoms with Crippen LogP contribution in [0.15, 0.2) is 53.7 Å². The fourth-order valence-electron chi connectivity index (χ4n) is 4.52. The molecule has 1 saturated heterocycles. The highest BCUT2D eigenvalue weighted by atomic mass is 79.9. The molecule has 1 N–H and O–H groups in total. The second-order valence-corrected chi connectivity index (χ2v) is 8.70. The van der Waals surface area contributed by atoms with E-state index in [1.54, 1.807) is 6.20 Å². The molecule has 0 bridgehead atoms. The van der Waals surface area contributed by atoms with Crippen LogP contribution in [0.4, 0.5) is 5.69 Å². The van der Waals surface area contributed by atoms with Crippen LogP contribution in [0.5, 0.6) is 0 Å². The number of aromatic amines is 1. The Bertz CT molecular complexity index is 1360. The maximum atomic E-state index is 9.59. The average Bonchev–Trinajstić information content (AvgIpc) is 3.57. The molecular formula is C23H19BrN8. The van der Waals surface area contributed by atoms with E-state index in [-0.39, 0.29) is 12.0 Å². The van der Waals surface area contributed by atoms with E-state index in [1.807, 2.05) is 41.3 Å². The van der Waals surface area contributed by atoms with E-state index in [9.17, 15) is 10.5 Å². The summed E-state index contributed by atoms with van der Waals surface area (Å²) < 4.78 is 2.70. The minimum Gasteiger partial charge on any atom is -0.370 e. The van der Waals surface area contributed by atoms with E-state index >= 15 is 0 Å². The Balaban J connectivity index is 1.42. The molecule has 0 aliphatic carbocycles. The van der Waals surface area contributed by atoms with Gasteiger partial charge in [-0.2, -0.15) is 15.6 Å². The van der Waals surface area contributed by atoms with Crippen molar-refractivity contribution in [1.82, 2.24) is 24.7 Å². The minimum atomic E-state index is -0.0556. The number of fused-ring (bicyclic) bond motifs is 1. The van der Waals surface area contributed by atoms with Crippen LogP contribution in [0.3, 0.4) is 0 Å². The third-order valence-corrected chi connectivity index (χ3v) is 6.74. The number of rotatable bonds is 5. The van der Waals surface area contributed by atoms with Gasteiger partial charge in [-0.15, -0.1) is 0 Å². The number of benzene rings is 1. The summed E-state index contributed by atoms with van der Waals surface area (Å²) in [6.07, 6.45) is 8.45. The van der Waals surface area contributed by atoms with Gasteiger partial charge in [0.25, 0.3) is 0 Å². The third-order valence-electron chi connectivity index (χ3n) is 6.08. The molecule has 32 heavy (non-hydrogen) atoms. The summed E-state index contributed by atoms with van der Waals surface area (Å²) in [5, 5.41) is 24.7. The average molecular weight is 487 g/mol. The maximum absolute atomic E-state index is 9.59. The summed E-state index contributed by atoms with van der Waals surface area (Å²) in [7, 11) is 0. The second-order valence-electron chi connectivity index (χ2n) is 7.84. The van der Waals surface area contributed by atoms with Crippen molar-refractivity contribution in [3.05, 3.63) is 59.2 Å². The first-order chi connectivity index (χ1) is 15.7. The van der Waals surface area contributed by atoms with Crippen molar-refractivity contribution in [2.75, 3.05) is 18.0 Å². The molecular weight excluding hydrogens is 468 g/mol. The highest BCUT2D eigenvalue weighted by molar-refractivity contribution is 9.10. The molecule has 5 rings (SSSR count). The third kappa shape index (κ3) is 3.51. The zero-order valence-electron chi connectivity index (χ0n) is 17.1. The predicted octanol–water partition coefficient (Wildman–Crippen LogP) is 4.44. The molecule has 1 aromatic carbocycles. The molecule has 8 nitrogen and oxygen atoms in total. The van der Waals surface area contributed by atoms with Gasteiger partial charge in [-0.3, -0.25) is 4.68 Å². The Morgan fingerprint density at radius 1 is 1.25 bits per heavy atom. The molecule has 0 spiro atoms. The standard InChI is InChI=1S/C23H19BrN8/c24-19-2-1-3-21(18(19)10-26)31-9-6-15(12-31)20(4-7-25)32-13-16(11-30-32)22-17-5-8-27-23(17)29-14-28-22/h1-3,5,8,11,13-15,20H,4,6,9,12H2,(H,27,28,29)/t15?,20-/m0/s1. The molecule has 1 aliphatic rings. The number of nitriles is 2. The smallest absolute Gasteiger partial charge is 0.141 e. The van der Waals surface area contributed by atoms with Gasteiger partial charge < -0.3 is 9.88 Å². The number of H-pyrrole nitrogens is 1. The SMILES string of the molecule is N#CC[C@@H](C1CCN(c2cccc(Br)c2C#N)C1)n1cc(-c2ncnc3[nH]ccc23)cn1. The molecule has 2 atom stereocenters. The van der Waals surface area contributed by atoms with E-state index in [2.05, 4.69) is 53.0 Å². The molecule has 1 fully saturated rings. The first-order valence-corrected chi connectivity index (χ1v) is 11.1. The first kappa shape index (κ1) is 20.2. The van der Waals surface area contributed by atoms with Gasteiger partial charge in [0.05, 0.1) is 41.7 Å². The van der Waals surface area contributed by atoms with Crippen LogP contribution < -0.4 is 4.90 Å². The first-order valence-electron chi connectivity index (χ1n) is 10.3. The fraction of sp³-hybridized carbons (Fsp3) is 0.261. The minimum absolute atomic E-state index is 0.0556. The lowest BCUT2D eigenvalue weighted by atomic mass is 9.96. The van der Waals surface area contributed by atoms with Crippen LogP contribution >= 0.6 is 15.9 Å². The van der Waals surface area contributed by atoms with Crippen molar-refractivity contribution in [3.63, 3.8) is 0 Å². The highest BCUT2D eigenvalue weighted by Gasteiger charge is 2.32. The van der Waals surface area contributed by atoms with Gasteiger partial charge in [0.2, 0.25) is 0 Å². The van der Waals surface area contributed by atoms with E-state index in [1.165, 1.54) is 6.33 Å². The summed E-state index contributed by atoms with van der Waals surface area (Å²) in [5.41, 5.74) is 4.07. The van der Waals surface area contributed by atoms with Crippen LogP contribution in [0.2, 0.25) is 0 Å². The molecule has 158 valence electrons. The van der Waals surface area contributed by atoms with Crippen molar-refractivity contribution in [3.8, 4) is 23.4 Å². The number of halogens is 1. The molecule has 0 saturated carbocycles. The number of anilines is 1. The Kier molecular flexibility index (Phi) is 5.34. The number of hydrogen-bond donors (Lipinski definition) is 1. The number of nitrogens with zero attached hydrogens (tertiary/aromatic N) is 7. The van der Waals surface area contributed by atoms with Gasteiger partial charge in [0.15, 0.2) is 0 Å². The topological polar surface area (TPSA) is 110 Å². The Hall–Kier alpha value is -3.69. The molecule has 1 unspecified atom stereocenters. The van der Waals surface area contributed by atoms with Crippen molar-refractivity contribution in [2.24, 2.45) is 5.92 Å². The maximum Gasteiger partial charge on any atom is 0.141 e. The Morgan fingerprint density at radius 2 is 2.16 bits per heavy atom. The van der Waals surface area contributed by atoms with Gasteiger partial charge >= 0.3 is 0 Å². The quantitative estimate of drug-likeness (QED) is 0.446. The van der Waals surface area contributed by atoms with Crippen LogP contribution in [0.1, 0.15) is 24.4 Å². The molecule has 3 aromatic heterocycles. The largest absolute Gasteiger partial charge is 0.370 e. The van der Waals surface area contributed by atoms with Crippen LogP contribution in [-0.2, 0) is 0 Å². The Morgan fingerprint density at radius 3 is 3.00 bits per heavy atom. The summed E-state index contributed by atoms with van der Waals surface area (Å²) in [4.78, 5) is 14.0. The second kappa shape index (κ2) is 8.45. The van der Waals surface area contributed by atoms with Crippen LogP contribution in [0.25, 0.3) is 22.3 Å². The fourth-order valence-corrected chi connectivity index (χ4v) is 4.97. The molecule has 0 radical (unpaired) electrons. The van der Waals surface area contributed by atoms with Gasteiger partial charge in [-0.1, -0.05) is 6.07 Å². The summed E-state index contributed by atoms with van der Waals surface area (Å²) in [5.74, 6) is 0.241. The Labute approximate surface area is 193 Å². The summed E-state index contributed by atoms with van der Waals surface area (Å²) >= 11 is 3.48. The summed E-state index contributed by atoms with van der Waals surface area (Å²) in [6, 6.07) is 12.3. The van der Waals surface area contributed by atoms with E-state index in [0.717, 1.165) is 52.0 Å². The van der Waals surface area contributed by atoms with Crippen molar-refractivity contribution in [2.45, 2.75) is 18.9 Å². The van der Waals surface area contributed by atoms with Gasteiger partial charge in [0.1, 0.15) is 18.0 Å². The van der Waals surface area contributed by atoms with E-state index < -0.39 is 0 Å². The molecule has 4 aromatic rings. The normalized spacial score (nSPS) is 16.7. The van der Waals surface area contributed by atoms with Crippen molar-refractivity contribution >= 4 is 32.7 Å². The van der Waals surface area contributed by atoms with Gasteiger partial charge in [-0.25, -0.2) is 9.97 Å². The molecule has 9 heteroatoms. The van der Waals surface area contributed by atoms with Crippen molar-refractivity contribution < 1.29 is 0 Å². The molecule has 4 heterocycles. The van der Waals surface area contributed by atoms with Crippen LogP contribution in [-0.4, -0.2) is 37.8 Å². The number of nitrogens with one attached hydrogen (secondary N) is 1. The van der Waals surface area contributed by atoms with Gasteiger partial charge in [-0.05, 0) is 40.5 Å². The zero-order chi connectivity index (χ0) is 22.1. The molecule has 0 amide bonds. The lowest BCUT2D eigenvalue weighted by molar-refractivity contribution is 0.332. The van der Waals surface area contributed by atoms with Crippen LogP contribution in [0, 0.1) is 28.6 Å². The van der Waals surface area contributed by atoms with E-state index in [4.69, 9.17) is 0 Å². The monoisotopic (exact) mass is 486 g/mol. The lowest BCUT2D eigenvalue weighted by Gasteiger charge is -2.24. The zero-order valence-corrected chi connectivity index (χ0v) is 18.7. The number of aromatic nitrogens is 5. The highest BCUT2D eigenvalue weighted by Crippen LogP contribution is 2.36. The number of hydrogen-bond acceptors (Lipinski definition) is 6.